The van der Waals surface area contributed by atoms with Crippen molar-refractivity contribution in [1.29, 1.82) is 0 Å². The summed E-state index contributed by atoms with van der Waals surface area (Å²) in [5, 5.41) is 3.73. The number of carbonyl (C=O) groups is 2. The van der Waals surface area contributed by atoms with E-state index in [9.17, 15) is 9.59 Å². The van der Waals surface area contributed by atoms with E-state index in [-0.39, 0.29) is 11.7 Å². The van der Waals surface area contributed by atoms with Gasteiger partial charge in [0.2, 0.25) is 11.7 Å². The number of nitrogens with zero attached hydrogens (tertiary/aromatic N) is 1. The molecule has 2 rings (SSSR count). The monoisotopic (exact) mass is 312 g/mol. The number of pyridine rings is 1. The Morgan fingerprint density at radius 2 is 1.91 bits per heavy atom. The maximum atomic E-state index is 12.2. The van der Waals surface area contributed by atoms with Gasteiger partial charge in [0.25, 0.3) is 0 Å². The molecule has 0 spiro atoms. The Morgan fingerprint density at radius 3 is 2.57 bits per heavy atom. The molecule has 120 valence electrons. The van der Waals surface area contributed by atoms with Crippen molar-refractivity contribution in [1.82, 2.24) is 4.98 Å². The molecule has 0 aliphatic heterocycles. The zero-order valence-electron chi connectivity index (χ0n) is 13.7. The molecule has 0 aliphatic carbocycles. The Kier molecular flexibility index (Phi) is 4.79. The first-order valence-electron chi connectivity index (χ1n) is 7.28. The SMILES string of the molecule is CO/C=C/C(=O)c1ccc2cccc(NC(=O)C(C)(C)C)c2n1. The molecular weight excluding hydrogens is 292 g/mol. The summed E-state index contributed by atoms with van der Waals surface area (Å²) in [6.07, 6.45) is 2.62. The van der Waals surface area contributed by atoms with E-state index >= 15 is 0 Å². The van der Waals surface area contributed by atoms with Crippen molar-refractivity contribution in [2.45, 2.75) is 20.8 Å². The molecule has 0 fully saturated rings. The Morgan fingerprint density at radius 1 is 1.17 bits per heavy atom. The highest BCUT2D eigenvalue weighted by atomic mass is 16.5. The minimum absolute atomic E-state index is 0.109. The maximum absolute atomic E-state index is 12.2. The molecule has 1 N–H and O–H groups in total. The van der Waals surface area contributed by atoms with Gasteiger partial charge < -0.3 is 10.1 Å². The third-order valence-corrected chi connectivity index (χ3v) is 3.26. The lowest BCUT2D eigenvalue weighted by Crippen LogP contribution is -2.27. The summed E-state index contributed by atoms with van der Waals surface area (Å²) in [7, 11) is 1.47. The predicted molar refractivity (Wildman–Crippen MR) is 90.3 cm³/mol. The van der Waals surface area contributed by atoms with E-state index < -0.39 is 5.41 Å². The fraction of sp³-hybridized carbons (Fsp3) is 0.278. The Labute approximate surface area is 135 Å². The molecule has 1 aromatic carbocycles. The average molecular weight is 312 g/mol. The van der Waals surface area contributed by atoms with Crippen molar-refractivity contribution < 1.29 is 14.3 Å². The number of methoxy groups -OCH3 is 1. The lowest BCUT2D eigenvalue weighted by atomic mass is 9.95. The zero-order chi connectivity index (χ0) is 17.0. The second-order valence-electron chi connectivity index (χ2n) is 6.18. The number of ether oxygens (including phenoxy) is 1. The molecule has 1 aromatic heterocycles. The van der Waals surface area contributed by atoms with Crippen molar-refractivity contribution in [3.05, 3.63) is 48.4 Å². The highest BCUT2D eigenvalue weighted by molar-refractivity contribution is 6.06. The van der Waals surface area contributed by atoms with Crippen LogP contribution in [0.5, 0.6) is 0 Å². The molecule has 0 atom stereocenters. The largest absolute Gasteiger partial charge is 0.504 e. The molecule has 0 saturated heterocycles. The molecular formula is C18H20N2O3. The Balaban J connectivity index is 2.44. The van der Waals surface area contributed by atoms with E-state index in [1.807, 2.05) is 39.0 Å². The van der Waals surface area contributed by atoms with Crippen LogP contribution in [0.3, 0.4) is 0 Å². The van der Waals surface area contributed by atoms with Crippen LogP contribution in [-0.2, 0) is 9.53 Å². The zero-order valence-corrected chi connectivity index (χ0v) is 13.7. The van der Waals surface area contributed by atoms with Gasteiger partial charge in [-0.1, -0.05) is 39.0 Å². The number of fused-ring (bicyclic) bond motifs is 1. The number of hydrogen-bond acceptors (Lipinski definition) is 4. The van der Waals surface area contributed by atoms with Crippen LogP contribution in [0.1, 0.15) is 31.3 Å². The van der Waals surface area contributed by atoms with Gasteiger partial charge in [-0.05, 0) is 12.1 Å². The van der Waals surface area contributed by atoms with Crippen LogP contribution >= 0.6 is 0 Å². The van der Waals surface area contributed by atoms with E-state index in [1.165, 1.54) is 19.4 Å². The number of aromatic nitrogens is 1. The van der Waals surface area contributed by atoms with Gasteiger partial charge in [-0.2, -0.15) is 0 Å². The first-order valence-corrected chi connectivity index (χ1v) is 7.28. The Hall–Kier alpha value is -2.69. The smallest absolute Gasteiger partial charge is 0.229 e. The van der Waals surface area contributed by atoms with Crippen LogP contribution in [0.2, 0.25) is 0 Å². The van der Waals surface area contributed by atoms with E-state index in [0.717, 1.165) is 5.39 Å². The highest BCUT2D eigenvalue weighted by Crippen LogP contribution is 2.24. The molecule has 1 heterocycles. The predicted octanol–water partition coefficient (Wildman–Crippen LogP) is 3.56. The number of rotatable bonds is 4. The molecule has 5 nitrogen and oxygen atoms in total. The molecule has 0 unspecified atom stereocenters. The second-order valence-corrected chi connectivity index (χ2v) is 6.18. The number of ketones is 1. The first-order chi connectivity index (χ1) is 10.8. The summed E-state index contributed by atoms with van der Waals surface area (Å²) in [4.78, 5) is 28.6. The molecule has 0 bridgehead atoms. The van der Waals surface area contributed by atoms with Crippen LogP contribution in [-0.4, -0.2) is 23.8 Å². The summed E-state index contributed by atoms with van der Waals surface area (Å²) >= 11 is 0. The third-order valence-electron chi connectivity index (χ3n) is 3.26. The molecule has 0 saturated carbocycles. The van der Waals surface area contributed by atoms with Crippen molar-refractivity contribution >= 4 is 28.3 Å². The van der Waals surface area contributed by atoms with Crippen molar-refractivity contribution in [3.63, 3.8) is 0 Å². The molecule has 23 heavy (non-hydrogen) atoms. The maximum Gasteiger partial charge on any atom is 0.229 e. The fourth-order valence-electron chi connectivity index (χ4n) is 1.91. The van der Waals surface area contributed by atoms with Crippen LogP contribution in [0.4, 0.5) is 5.69 Å². The molecule has 0 radical (unpaired) electrons. The summed E-state index contributed by atoms with van der Waals surface area (Å²) in [5.74, 6) is -0.367. The molecule has 1 amide bonds. The minimum Gasteiger partial charge on any atom is -0.504 e. The summed E-state index contributed by atoms with van der Waals surface area (Å²) in [5.41, 5.74) is 0.953. The lowest BCUT2D eigenvalue weighted by molar-refractivity contribution is -0.123. The number of nitrogens with one attached hydrogen (secondary N) is 1. The number of allylic oxidation sites excluding steroid dienone is 1. The van der Waals surface area contributed by atoms with E-state index in [2.05, 4.69) is 10.3 Å². The van der Waals surface area contributed by atoms with Crippen LogP contribution in [0.25, 0.3) is 10.9 Å². The number of anilines is 1. The van der Waals surface area contributed by atoms with Gasteiger partial charge in [-0.15, -0.1) is 0 Å². The van der Waals surface area contributed by atoms with Gasteiger partial charge in [-0.25, -0.2) is 4.98 Å². The van der Waals surface area contributed by atoms with Gasteiger partial charge in [0.05, 0.1) is 24.6 Å². The number of amides is 1. The standard InChI is InChI=1S/C18H20N2O3/c1-18(2,3)17(22)20-14-7-5-6-12-8-9-13(19-16(12)14)15(21)10-11-23-4/h5-11H,1-4H3,(H,20,22)/b11-10+. The number of para-hydroxylation sites is 1. The summed E-state index contributed by atoms with van der Waals surface area (Å²) in [6, 6.07) is 8.96. The van der Waals surface area contributed by atoms with Crippen molar-refractivity contribution in [2.24, 2.45) is 5.41 Å². The fourth-order valence-corrected chi connectivity index (χ4v) is 1.91. The van der Waals surface area contributed by atoms with Crippen molar-refractivity contribution in [3.8, 4) is 0 Å². The molecule has 0 aliphatic rings. The topological polar surface area (TPSA) is 68.3 Å². The quantitative estimate of drug-likeness (QED) is 0.532. The van der Waals surface area contributed by atoms with Crippen LogP contribution in [0, 0.1) is 5.41 Å². The Bertz CT molecular complexity index is 773. The van der Waals surface area contributed by atoms with Gasteiger partial charge in [-0.3, -0.25) is 9.59 Å². The number of carbonyl (C=O) groups excluding carboxylic acids is 2. The number of hydrogen-bond donors (Lipinski definition) is 1. The van der Waals surface area contributed by atoms with Gasteiger partial charge in [0.1, 0.15) is 5.69 Å². The number of benzene rings is 1. The lowest BCUT2D eigenvalue weighted by Gasteiger charge is -2.18. The molecule has 2 aromatic rings. The van der Waals surface area contributed by atoms with Gasteiger partial charge >= 0.3 is 0 Å². The second kappa shape index (κ2) is 6.60. The summed E-state index contributed by atoms with van der Waals surface area (Å²) < 4.78 is 4.75. The van der Waals surface area contributed by atoms with Crippen LogP contribution < -0.4 is 5.32 Å². The van der Waals surface area contributed by atoms with Crippen molar-refractivity contribution in [2.75, 3.05) is 12.4 Å². The van der Waals surface area contributed by atoms with E-state index in [1.54, 1.807) is 12.1 Å². The summed E-state index contributed by atoms with van der Waals surface area (Å²) in [6.45, 7) is 5.52. The van der Waals surface area contributed by atoms with E-state index in [0.29, 0.717) is 16.9 Å². The highest BCUT2D eigenvalue weighted by Gasteiger charge is 2.22. The first kappa shape index (κ1) is 16.7. The third kappa shape index (κ3) is 3.94. The minimum atomic E-state index is -0.517. The van der Waals surface area contributed by atoms with Gasteiger partial charge in [0, 0.05) is 16.9 Å². The van der Waals surface area contributed by atoms with Crippen LogP contribution in [0.15, 0.2) is 42.7 Å². The average Bonchev–Trinajstić information content (AvgIpc) is 2.51. The molecule has 5 heteroatoms. The van der Waals surface area contributed by atoms with E-state index in [4.69, 9.17) is 4.74 Å². The van der Waals surface area contributed by atoms with Gasteiger partial charge in [0.15, 0.2) is 0 Å². The normalized spacial score (nSPS) is 11.7.